The number of hydrogen-bond acceptors (Lipinski definition) is 6. The molecule has 1 unspecified atom stereocenters. The van der Waals surface area contributed by atoms with Crippen molar-refractivity contribution in [1.82, 2.24) is 19.6 Å². The summed E-state index contributed by atoms with van der Waals surface area (Å²) in [6.45, 7) is 1.83. The number of nitrogens with two attached hydrogens (primary N) is 2. The summed E-state index contributed by atoms with van der Waals surface area (Å²) in [6.07, 6.45) is -0.598. The number of halogens is 3. The molecule has 10 heteroatoms. The molecule has 0 fully saturated rings. The Kier molecular flexibility index (Phi) is 4.40. The van der Waals surface area contributed by atoms with Crippen LogP contribution in [0.1, 0.15) is 25.5 Å². The summed E-state index contributed by atoms with van der Waals surface area (Å²) in [7, 11) is 0. The van der Waals surface area contributed by atoms with Gasteiger partial charge in [-0.05, 0) is 31.9 Å². The molecule has 146 valence electrons. The van der Waals surface area contributed by atoms with Gasteiger partial charge in [-0.25, -0.2) is 17.7 Å². The fourth-order valence-electron chi connectivity index (χ4n) is 3.53. The fraction of sp³-hybridized carbons (Fsp3) is 0.333. The van der Waals surface area contributed by atoms with E-state index in [2.05, 4.69) is 20.1 Å². The molecule has 3 aromatic rings. The smallest absolute Gasteiger partial charge is 0.240 e. The Balaban J connectivity index is 1.76. The second kappa shape index (κ2) is 6.77. The summed E-state index contributed by atoms with van der Waals surface area (Å²) >= 11 is 0. The van der Waals surface area contributed by atoms with Crippen molar-refractivity contribution in [2.45, 2.75) is 32.6 Å². The minimum atomic E-state index is -2.36. The van der Waals surface area contributed by atoms with Crippen LogP contribution in [0.25, 0.3) is 16.8 Å². The lowest BCUT2D eigenvalue weighted by atomic mass is 9.90. The number of alkyl halides is 2. The van der Waals surface area contributed by atoms with Gasteiger partial charge in [0.1, 0.15) is 5.52 Å². The molecule has 1 aliphatic rings. The molecule has 0 saturated heterocycles. The van der Waals surface area contributed by atoms with E-state index in [0.29, 0.717) is 29.9 Å². The van der Waals surface area contributed by atoms with Gasteiger partial charge in [0.05, 0.1) is 28.8 Å². The van der Waals surface area contributed by atoms with Gasteiger partial charge in [-0.1, -0.05) is 0 Å². The van der Waals surface area contributed by atoms with Crippen molar-refractivity contribution >= 4 is 28.7 Å². The number of fused-ring (bicyclic) bond motifs is 2. The first kappa shape index (κ1) is 18.2. The van der Waals surface area contributed by atoms with E-state index >= 15 is 0 Å². The standard InChI is InChI=1S/C18H18F3N7/c1-8-9(2-5-14(20)21)6-13-11(24-8)3-4-12(25-13)15-10(19)7-28-16(15)17(22)26-18(23)27-28/h3-4,7,9,14H,2,5-6H2,1H3,(H4,22,23,26,27). The van der Waals surface area contributed by atoms with Crippen LogP contribution in [-0.2, 0) is 6.42 Å². The maximum absolute atomic E-state index is 14.6. The first-order valence-corrected chi connectivity index (χ1v) is 8.77. The zero-order chi connectivity index (χ0) is 20.0. The number of pyridine rings is 1. The highest BCUT2D eigenvalue weighted by molar-refractivity contribution is 5.90. The van der Waals surface area contributed by atoms with Crippen LogP contribution < -0.4 is 11.5 Å². The van der Waals surface area contributed by atoms with Gasteiger partial charge < -0.3 is 11.5 Å². The maximum atomic E-state index is 14.6. The van der Waals surface area contributed by atoms with Crippen LogP contribution in [0.3, 0.4) is 0 Å². The zero-order valence-electron chi connectivity index (χ0n) is 15.0. The lowest BCUT2D eigenvalue weighted by molar-refractivity contribution is 0.131. The van der Waals surface area contributed by atoms with Gasteiger partial charge in [-0.15, -0.1) is 5.10 Å². The Hall–Kier alpha value is -3.17. The van der Waals surface area contributed by atoms with Gasteiger partial charge in [-0.2, -0.15) is 4.98 Å². The van der Waals surface area contributed by atoms with Gasteiger partial charge in [0, 0.05) is 18.1 Å². The summed E-state index contributed by atoms with van der Waals surface area (Å²) in [5, 5.41) is 3.94. The van der Waals surface area contributed by atoms with Gasteiger partial charge in [-0.3, -0.25) is 9.98 Å². The summed E-state index contributed by atoms with van der Waals surface area (Å²) in [4.78, 5) is 12.9. The van der Waals surface area contributed by atoms with Crippen LogP contribution in [0.5, 0.6) is 0 Å². The predicted octanol–water partition coefficient (Wildman–Crippen LogP) is 3.40. The van der Waals surface area contributed by atoms with Gasteiger partial charge in [0.25, 0.3) is 0 Å². The van der Waals surface area contributed by atoms with Crippen molar-refractivity contribution in [2.75, 3.05) is 11.5 Å². The Morgan fingerprint density at radius 1 is 1.25 bits per heavy atom. The quantitative estimate of drug-likeness (QED) is 0.711. The molecule has 0 aliphatic carbocycles. The first-order valence-electron chi connectivity index (χ1n) is 8.77. The molecule has 0 bridgehead atoms. The Labute approximate surface area is 158 Å². The van der Waals surface area contributed by atoms with Crippen LogP contribution in [0.15, 0.2) is 23.3 Å². The molecule has 4 rings (SSSR count). The molecule has 0 aromatic carbocycles. The first-order chi connectivity index (χ1) is 13.3. The Morgan fingerprint density at radius 2 is 2.04 bits per heavy atom. The lowest BCUT2D eigenvalue weighted by Gasteiger charge is -2.22. The minimum absolute atomic E-state index is 0.0367. The number of nitrogens with zero attached hydrogens (tertiary/aromatic N) is 5. The van der Waals surface area contributed by atoms with Crippen LogP contribution >= 0.6 is 0 Å². The molecule has 28 heavy (non-hydrogen) atoms. The number of nitrogen functional groups attached to an aromatic ring is 2. The van der Waals surface area contributed by atoms with E-state index in [1.54, 1.807) is 12.1 Å². The highest BCUT2D eigenvalue weighted by Crippen LogP contribution is 2.35. The summed E-state index contributed by atoms with van der Waals surface area (Å²) in [6, 6.07) is 3.38. The number of aliphatic imine (C=N–C) groups is 1. The van der Waals surface area contributed by atoms with Crippen molar-refractivity contribution in [3.63, 3.8) is 0 Å². The van der Waals surface area contributed by atoms with Gasteiger partial charge in [0.2, 0.25) is 12.4 Å². The highest BCUT2D eigenvalue weighted by atomic mass is 19.3. The third-order valence-corrected chi connectivity index (χ3v) is 4.90. The van der Waals surface area contributed by atoms with Crippen LogP contribution in [0, 0.1) is 11.7 Å². The summed E-state index contributed by atoms with van der Waals surface area (Å²) < 4.78 is 41.1. The van der Waals surface area contributed by atoms with E-state index < -0.39 is 12.2 Å². The van der Waals surface area contributed by atoms with E-state index in [1.807, 2.05) is 6.92 Å². The fourth-order valence-corrected chi connectivity index (χ4v) is 3.53. The molecule has 0 saturated carbocycles. The van der Waals surface area contributed by atoms with Gasteiger partial charge in [0.15, 0.2) is 11.6 Å². The van der Waals surface area contributed by atoms with E-state index in [1.165, 1.54) is 4.52 Å². The maximum Gasteiger partial charge on any atom is 0.240 e. The van der Waals surface area contributed by atoms with Crippen LogP contribution in [0.2, 0.25) is 0 Å². The van der Waals surface area contributed by atoms with Crippen molar-refractivity contribution in [3.8, 4) is 11.3 Å². The van der Waals surface area contributed by atoms with Crippen molar-refractivity contribution in [2.24, 2.45) is 10.9 Å². The lowest BCUT2D eigenvalue weighted by Crippen LogP contribution is -2.20. The molecule has 1 atom stereocenters. The molecule has 4 N–H and O–H groups in total. The van der Waals surface area contributed by atoms with Crippen molar-refractivity contribution in [3.05, 3.63) is 29.8 Å². The largest absolute Gasteiger partial charge is 0.382 e. The number of anilines is 2. The van der Waals surface area contributed by atoms with Crippen LogP contribution in [-0.4, -0.2) is 31.7 Å². The highest BCUT2D eigenvalue weighted by Gasteiger charge is 2.25. The third-order valence-electron chi connectivity index (χ3n) is 4.90. The predicted molar refractivity (Wildman–Crippen MR) is 100 cm³/mol. The van der Waals surface area contributed by atoms with Crippen molar-refractivity contribution in [1.29, 1.82) is 0 Å². The number of rotatable bonds is 4. The van der Waals surface area contributed by atoms with Crippen LogP contribution in [0.4, 0.5) is 30.6 Å². The normalized spacial score (nSPS) is 16.5. The monoisotopic (exact) mass is 389 g/mol. The average molecular weight is 389 g/mol. The molecule has 0 amide bonds. The van der Waals surface area contributed by atoms with E-state index in [4.69, 9.17) is 11.5 Å². The van der Waals surface area contributed by atoms with Crippen molar-refractivity contribution < 1.29 is 13.2 Å². The SMILES string of the molecule is CC1=Nc2ccc(-c3c(F)cn4nc(N)nc(N)c34)nc2CC1CCC(F)F. The molecule has 0 spiro atoms. The average Bonchev–Trinajstić information content (AvgIpc) is 2.95. The Morgan fingerprint density at radius 3 is 2.79 bits per heavy atom. The second-order valence-electron chi connectivity index (χ2n) is 6.79. The number of aromatic nitrogens is 4. The van der Waals surface area contributed by atoms with E-state index in [-0.39, 0.29) is 35.2 Å². The topological polar surface area (TPSA) is 107 Å². The van der Waals surface area contributed by atoms with E-state index in [0.717, 1.165) is 11.9 Å². The van der Waals surface area contributed by atoms with E-state index in [9.17, 15) is 13.2 Å². The summed E-state index contributed by atoms with van der Waals surface area (Å²) in [5.74, 6) is -0.719. The molecule has 1 aliphatic heterocycles. The second-order valence-corrected chi connectivity index (χ2v) is 6.79. The minimum Gasteiger partial charge on any atom is -0.382 e. The molecular weight excluding hydrogens is 371 g/mol. The zero-order valence-corrected chi connectivity index (χ0v) is 15.0. The molecule has 3 aromatic heterocycles. The molecule has 7 nitrogen and oxygen atoms in total. The number of hydrogen-bond donors (Lipinski definition) is 2. The third kappa shape index (κ3) is 3.14. The molecule has 0 radical (unpaired) electrons. The molecular formula is C18H18F3N7. The van der Waals surface area contributed by atoms with Gasteiger partial charge >= 0.3 is 0 Å². The summed E-state index contributed by atoms with van der Waals surface area (Å²) in [5.41, 5.74) is 14.4. The Bertz CT molecular complexity index is 1090. The molecule has 4 heterocycles.